The lowest BCUT2D eigenvalue weighted by Crippen LogP contribution is -2.08. The summed E-state index contributed by atoms with van der Waals surface area (Å²) >= 11 is 0. The number of para-hydroxylation sites is 3. The van der Waals surface area contributed by atoms with Gasteiger partial charge in [-0.2, -0.15) is 0 Å². The molecule has 6 nitrogen and oxygen atoms in total. The summed E-state index contributed by atoms with van der Waals surface area (Å²) in [4.78, 5) is 20.4. The lowest BCUT2D eigenvalue weighted by Gasteiger charge is -2.07. The highest BCUT2D eigenvalue weighted by atomic mass is 16.7. The smallest absolute Gasteiger partial charge is 0.248 e. The van der Waals surface area contributed by atoms with Crippen molar-refractivity contribution in [2.75, 3.05) is 12.1 Å². The summed E-state index contributed by atoms with van der Waals surface area (Å²) in [7, 11) is 0. The monoisotopic (exact) mass is 383 g/mol. The van der Waals surface area contributed by atoms with Crippen LogP contribution in [-0.4, -0.2) is 22.7 Å². The van der Waals surface area contributed by atoms with E-state index in [0.717, 1.165) is 22.2 Å². The van der Waals surface area contributed by atoms with Crippen molar-refractivity contribution in [1.29, 1.82) is 0 Å². The number of benzene rings is 3. The summed E-state index contributed by atoms with van der Waals surface area (Å²) in [5.41, 5.74) is 4.20. The lowest BCUT2D eigenvalue weighted by molar-refractivity contribution is -0.111. The van der Waals surface area contributed by atoms with E-state index in [9.17, 15) is 4.79 Å². The number of fused-ring (bicyclic) bond motifs is 2. The Labute approximate surface area is 166 Å². The maximum Gasteiger partial charge on any atom is 0.248 e. The van der Waals surface area contributed by atoms with Crippen molar-refractivity contribution in [3.05, 3.63) is 78.4 Å². The molecule has 0 aliphatic carbocycles. The van der Waals surface area contributed by atoms with Crippen molar-refractivity contribution in [2.45, 2.75) is 0 Å². The highest BCUT2D eigenvalue weighted by Gasteiger charge is 2.13. The molecule has 3 aromatic carbocycles. The first-order valence-electron chi connectivity index (χ1n) is 9.19. The third-order valence-corrected chi connectivity index (χ3v) is 4.65. The predicted molar refractivity (Wildman–Crippen MR) is 112 cm³/mol. The number of aromatic nitrogens is 2. The van der Waals surface area contributed by atoms with Gasteiger partial charge >= 0.3 is 0 Å². The molecular weight excluding hydrogens is 366 g/mol. The molecule has 0 unspecified atom stereocenters. The number of H-pyrrole nitrogens is 1. The fraction of sp³-hybridized carbons (Fsp3) is 0.0435. The third kappa shape index (κ3) is 3.43. The van der Waals surface area contributed by atoms with E-state index < -0.39 is 0 Å². The van der Waals surface area contributed by atoms with Crippen LogP contribution in [0.25, 0.3) is 28.5 Å². The number of hydrogen-bond donors (Lipinski definition) is 2. The second kappa shape index (κ2) is 7.16. The van der Waals surface area contributed by atoms with Crippen LogP contribution < -0.4 is 14.8 Å². The summed E-state index contributed by atoms with van der Waals surface area (Å²) in [5.74, 6) is 1.88. The quantitative estimate of drug-likeness (QED) is 0.505. The van der Waals surface area contributed by atoms with Crippen molar-refractivity contribution in [3.8, 4) is 22.9 Å². The number of imidazole rings is 1. The van der Waals surface area contributed by atoms with Crippen LogP contribution in [-0.2, 0) is 4.79 Å². The number of anilines is 1. The molecule has 0 bridgehead atoms. The normalized spacial score (nSPS) is 12.6. The minimum atomic E-state index is -0.230. The molecule has 1 aliphatic heterocycles. The number of aromatic amines is 1. The zero-order chi connectivity index (χ0) is 19.6. The maximum atomic E-state index is 12.5. The Kier molecular flexibility index (Phi) is 4.22. The molecule has 2 N–H and O–H groups in total. The number of amides is 1. The molecule has 0 atom stereocenters. The van der Waals surface area contributed by atoms with Crippen LogP contribution in [0, 0.1) is 0 Å². The summed E-state index contributed by atoms with van der Waals surface area (Å²) in [6, 6.07) is 20.9. The van der Waals surface area contributed by atoms with Gasteiger partial charge in [0.25, 0.3) is 0 Å². The van der Waals surface area contributed by atoms with Crippen LogP contribution >= 0.6 is 0 Å². The molecule has 142 valence electrons. The number of carbonyl (C=O) groups is 1. The molecule has 4 aromatic rings. The summed E-state index contributed by atoms with van der Waals surface area (Å²) < 4.78 is 10.7. The molecule has 0 fully saturated rings. The van der Waals surface area contributed by atoms with E-state index >= 15 is 0 Å². The molecule has 1 aliphatic rings. The first-order valence-corrected chi connectivity index (χ1v) is 9.19. The molecule has 29 heavy (non-hydrogen) atoms. The lowest BCUT2D eigenvalue weighted by atomic mass is 10.1. The van der Waals surface area contributed by atoms with Crippen molar-refractivity contribution >= 4 is 28.7 Å². The second-order valence-electron chi connectivity index (χ2n) is 6.58. The summed E-state index contributed by atoms with van der Waals surface area (Å²) in [5, 5.41) is 2.93. The van der Waals surface area contributed by atoms with E-state index in [4.69, 9.17) is 9.47 Å². The van der Waals surface area contributed by atoms with Gasteiger partial charge in [0, 0.05) is 11.6 Å². The molecule has 1 amide bonds. The molecule has 5 rings (SSSR count). The van der Waals surface area contributed by atoms with Gasteiger partial charge in [-0.1, -0.05) is 30.3 Å². The topological polar surface area (TPSA) is 76.2 Å². The average Bonchev–Trinajstić information content (AvgIpc) is 3.39. The van der Waals surface area contributed by atoms with Gasteiger partial charge in [0.1, 0.15) is 5.82 Å². The SMILES string of the molecule is O=C(/C=C/c1ccc2c(c1)OCO2)Nc1ccccc1-c1nc2ccccc2[nH]1. The Hall–Kier alpha value is -4.06. The van der Waals surface area contributed by atoms with Gasteiger partial charge in [0.15, 0.2) is 11.5 Å². The first kappa shape index (κ1) is 17.1. The third-order valence-electron chi connectivity index (χ3n) is 4.65. The molecule has 0 saturated carbocycles. The fourth-order valence-electron chi connectivity index (χ4n) is 3.24. The minimum absolute atomic E-state index is 0.224. The molecule has 0 saturated heterocycles. The van der Waals surface area contributed by atoms with E-state index in [1.165, 1.54) is 6.08 Å². The largest absolute Gasteiger partial charge is 0.454 e. The van der Waals surface area contributed by atoms with E-state index in [-0.39, 0.29) is 12.7 Å². The predicted octanol–water partition coefficient (Wildman–Crippen LogP) is 4.61. The summed E-state index contributed by atoms with van der Waals surface area (Å²) in [6.07, 6.45) is 3.23. The number of rotatable bonds is 4. The zero-order valence-corrected chi connectivity index (χ0v) is 15.4. The Bertz CT molecular complexity index is 1210. The van der Waals surface area contributed by atoms with Gasteiger partial charge in [-0.15, -0.1) is 0 Å². The van der Waals surface area contributed by atoms with Gasteiger partial charge in [-0.25, -0.2) is 4.98 Å². The van der Waals surface area contributed by atoms with E-state index in [1.54, 1.807) is 6.08 Å². The standard InChI is InChI=1S/C23H17N3O3/c27-22(12-10-15-9-11-20-21(13-15)29-14-28-20)24-17-6-2-1-5-16(17)23-25-18-7-3-4-8-19(18)26-23/h1-13H,14H2,(H,24,27)(H,25,26)/b12-10+. The molecule has 0 spiro atoms. The van der Waals surface area contributed by atoms with Crippen LogP contribution in [0.15, 0.2) is 72.8 Å². The van der Waals surface area contributed by atoms with E-state index in [1.807, 2.05) is 66.7 Å². The van der Waals surface area contributed by atoms with Crippen LogP contribution in [0.5, 0.6) is 11.5 Å². The van der Waals surface area contributed by atoms with Crippen LogP contribution in [0.1, 0.15) is 5.56 Å². The highest BCUT2D eigenvalue weighted by molar-refractivity contribution is 6.04. The molecule has 2 heterocycles. The van der Waals surface area contributed by atoms with Gasteiger partial charge in [0.05, 0.1) is 16.7 Å². The van der Waals surface area contributed by atoms with Crippen molar-refractivity contribution in [3.63, 3.8) is 0 Å². The van der Waals surface area contributed by atoms with Crippen molar-refractivity contribution in [1.82, 2.24) is 9.97 Å². The fourth-order valence-corrected chi connectivity index (χ4v) is 3.24. The zero-order valence-electron chi connectivity index (χ0n) is 15.4. The number of ether oxygens (including phenoxy) is 2. The number of hydrogen-bond acceptors (Lipinski definition) is 4. The molecule has 1 aromatic heterocycles. The molecule has 6 heteroatoms. The minimum Gasteiger partial charge on any atom is -0.454 e. The van der Waals surface area contributed by atoms with Crippen molar-refractivity contribution in [2.24, 2.45) is 0 Å². The second-order valence-corrected chi connectivity index (χ2v) is 6.58. The van der Waals surface area contributed by atoms with Crippen molar-refractivity contribution < 1.29 is 14.3 Å². The first-order chi connectivity index (χ1) is 14.3. The van der Waals surface area contributed by atoms with E-state index in [0.29, 0.717) is 23.0 Å². The van der Waals surface area contributed by atoms with Crippen LogP contribution in [0.3, 0.4) is 0 Å². The Morgan fingerprint density at radius 1 is 1.00 bits per heavy atom. The highest BCUT2D eigenvalue weighted by Crippen LogP contribution is 2.33. The molecular formula is C23H17N3O3. The van der Waals surface area contributed by atoms with Gasteiger partial charge in [0.2, 0.25) is 12.7 Å². The Morgan fingerprint density at radius 2 is 1.83 bits per heavy atom. The van der Waals surface area contributed by atoms with Crippen LogP contribution in [0.2, 0.25) is 0 Å². The van der Waals surface area contributed by atoms with Gasteiger partial charge in [-0.3, -0.25) is 4.79 Å². The number of nitrogens with zero attached hydrogens (tertiary/aromatic N) is 1. The Balaban J connectivity index is 1.37. The van der Waals surface area contributed by atoms with Gasteiger partial charge in [-0.05, 0) is 48.0 Å². The molecule has 0 radical (unpaired) electrons. The Morgan fingerprint density at radius 3 is 2.76 bits per heavy atom. The number of carbonyl (C=O) groups excluding carboxylic acids is 1. The summed E-state index contributed by atoms with van der Waals surface area (Å²) in [6.45, 7) is 0.224. The van der Waals surface area contributed by atoms with Crippen LogP contribution in [0.4, 0.5) is 5.69 Å². The maximum absolute atomic E-state index is 12.5. The van der Waals surface area contributed by atoms with Gasteiger partial charge < -0.3 is 19.8 Å². The van der Waals surface area contributed by atoms with E-state index in [2.05, 4.69) is 15.3 Å². The number of nitrogens with one attached hydrogen (secondary N) is 2. The average molecular weight is 383 g/mol.